The van der Waals surface area contributed by atoms with E-state index in [0.717, 1.165) is 5.92 Å². The van der Waals surface area contributed by atoms with Crippen LogP contribution >= 0.6 is 0 Å². The van der Waals surface area contributed by atoms with Crippen LogP contribution in [0.3, 0.4) is 0 Å². The molecule has 1 aromatic rings. The summed E-state index contributed by atoms with van der Waals surface area (Å²) in [5.41, 5.74) is 1.28. The van der Waals surface area contributed by atoms with Gasteiger partial charge in [-0.05, 0) is 36.8 Å². The van der Waals surface area contributed by atoms with Crippen LogP contribution in [-0.2, 0) is 0 Å². The van der Waals surface area contributed by atoms with E-state index < -0.39 is 0 Å². The molecule has 0 N–H and O–H groups in total. The molecule has 1 aliphatic carbocycles. The lowest BCUT2D eigenvalue weighted by Gasteiger charge is -2.24. The molecular formula is C10H12N. The number of aromatic nitrogens is 1. The molecule has 57 valence electrons. The Balaban J connectivity index is 1.95. The second-order valence-electron chi connectivity index (χ2n) is 3.14. The number of pyridine rings is 1. The number of hydrogen-bond acceptors (Lipinski definition) is 1. The Morgan fingerprint density at radius 1 is 1.45 bits per heavy atom. The molecule has 1 heteroatoms. The zero-order valence-electron chi connectivity index (χ0n) is 6.53. The fraction of sp³-hybridized carbons (Fsp3) is 0.400. The van der Waals surface area contributed by atoms with Gasteiger partial charge in [-0.1, -0.05) is 12.5 Å². The van der Waals surface area contributed by atoms with Crippen molar-refractivity contribution in [3.05, 3.63) is 36.5 Å². The SMILES string of the molecule is [CH](c1cccnc1)C1CCC1. The van der Waals surface area contributed by atoms with Crippen molar-refractivity contribution in [3.8, 4) is 0 Å². The molecule has 1 nitrogen and oxygen atoms in total. The van der Waals surface area contributed by atoms with E-state index in [-0.39, 0.29) is 0 Å². The van der Waals surface area contributed by atoms with E-state index in [2.05, 4.69) is 17.5 Å². The summed E-state index contributed by atoms with van der Waals surface area (Å²) < 4.78 is 0. The van der Waals surface area contributed by atoms with Gasteiger partial charge in [-0.2, -0.15) is 0 Å². The van der Waals surface area contributed by atoms with Crippen LogP contribution in [0.4, 0.5) is 0 Å². The van der Waals surface area contributed by atoms with Crippen LogP contribution in [0.25, 0.3) is 0 Å². The van der Waals surface area contributed by atoms with Crippen LogP contribution in [0.2, 0.25) is 0 Å². The van der Waals surface area contributed by atoms with E-state index in [1.54, 1.807) is 0 Å². The first-order valence-corrected chi connectivity index (χ1v) is 4.20. The van der Waals surface area contributed by atoms with Gasteiger partial charge in [0.1, 0.15) is 0 Å². The molecule has 1 heterocycles. The Morgan fingerprint density at radius 2 is 2.36 bits per heavy atom. The fourth-order valence-corrected chi connectivity index (χ4v) is 1.35. The molecule has 0 saturated heterocycles. The van der Waals surface area contributed by atoms with Crippen molar-refractivity contribution in [3.63, 3.8) is 0 Å². The Hall–Kier alpha value is -0.850. The van der Waals surface area contributed by atoms with Gasteiger partial charge in [-0.3, -0.25) is 4.98 Å². The maximum absolute atomic E-state index is 4.06. The zero-order valence-corrected chi connectivity index (χ0v) is 6.53. The van der Waals surface area contributed by atoms with Crippen molar-refractivity contribution in [2.24, 2.45) is 5.92 Å². The van der Waals surface area contributed by atoms with Crippen molar-refractivity contribution in [2.75, 3.05) is 0 Å². The van der Waals surface area contributed by atoms with E-state index in [1.807, 2.05) is 18.5 Å². The third-order valence-electron chi connectivity index (χ3n) is 2.26. The molecule has 0 aromatic carbocycles. The van der Waals surface area contributed by atoms with Crippen molar-refractivity contribution >= 4 is 0 Å². The Labute approximate surface area is 67.5 Å². The summed E-state index contributed by atoms with van der Waals surface area (Å²) in [7, 11) is 0. The topological polar surface area (TPSA) is 12.9 Å². The van der Waals surface area contributed by atoms with Crippen LogP contribution in [0, 0.1) is 12.3 Å². The summed E-state index contributed by atoms with van der Waals surface area (Å²) in [5.74, 6) is 0.833. The maximum atomic E-state index is 4.06. The third-order valence-corrected chi connectivity index (χ3v) is 2.26. The number of nitrogens with zero attached hydrogens (tertiary/aromatic N) is 1. The first-order chi connectivity index (χ1) is 5.45. The Kier molecular flexibility index (Phi) is 1.89. The highest BCUT2D eigenvalue weighted by Crippen LogP contribution is 2.30. The summed E-state index contributed by atoms with van der Waals surface area (Å²) in [5, 5.41) is 0. The fourth-order valence-electron chi connectivity index (χ4n) is 1.35. The van der Waals surface area contributed by atoms with E-state index in [9.17, 15) is 0 Å². The van der Waals surface area contributed by atoms with Gasteiger partial charge in [0.2, 0.25) is 0 Å². The van der Waals surface area contributed by atoms with E-state index in [1.165, 1.54) is 24.8 Å². The predicted molar refractivity (Wildman–Crippen MR) is 45.0 cm³/mol. The predicted octanol–water partition coefficient (Wildman–Crippen LogP) is 2.43. The summed E-state index contributed by atoms with van der Waals surface area (Å²) >= 11 is 0. The molecule has 0 amide bonds. The molecule has 0 spiro atoms. The molecule has 0 bridgehead atoms. The van der Waals surface area contributed by atoms with Crippen LogP contribution in [-0.4, -0.2) is 4.98 Å². The second kappa shape index (κ2) is 3.04. The second-order valence-corrected chi connectivity index (χ2v) is 3.14. The highest BCUT2D eigenvalue weighted by Gasteiger charge is 2.17. The zero-order chi connectivity index (χ0) is 7.52. The molecule has 0 atom stereocenters. The van der Waals surface area contributed by atoms with E-state index in [0.29, 0.717) is 0 Å². The molecule has 1 saturated carbocycles. The van der Waals surface area contributed by atoms with Crippen LogP contribution in [0.15, 0.2) is 24.5 Å². The van der Waals surface area contributed by atoms with Crippen molar-refractivity contribution in [1.82, 2.24) is 4.98 Å². The average Bonchev–Trinajstić information content (AvgIpc) is 1.99. The quantitative estimate of drug-likeness (QED) is 0.624. The van der Waals surface area contributed by atoms with Crippen LogP contribution in [0.5, 0.6) is 0 Å². The maximum Gasteiger partial charge on any atom is 0.0303 e. The standard InChI is InChI=1S/C10H12N/c1-3-9(4-1)7-10-5-2-6-11-8-10/h2,5-9H,1,3-4H2. The van der Waals surface area contributed by atoms with Gasteiger partial charge in [0.05, 0.1) is 0 Å². The van der Waals surface area contributed by atoms with Gasteiger partial charge in [0.15, 0.2) is 0 Å². The smallest absolute Gasteiger partial charge is 0.0303 e. The molecule has 1 aliphatic rings. The lowest BCUT2D eigenvalue weighted by molar-refractivity contribution is 0.368. The van der Waals surface area contributed by atoms with Gasteiger partial charge in [-0.25, -0.2) is 0 Å². The average molecular weight is 146 g/mol. The highest BCUT2D eigenvalue weighted by atomic mass is 14.6. The summed E-state index contributed by atoms with van der Waals surface area (Å²) in [6.07, 6.45) is 10.2. The monoisotopic (exact) mass is 146 g/mol. The lowest BCUT2D eigenvalue weighted by atomic mass is 9.81. The van der Waals surface area contributed by atoms with Gasteiger partial charge < -0.3 is 0 Å². The molecule has 1 radical (unpaired) electrons. The molecular weight excluding hydrogens is 134 g/mol. The number of rotatable bonds is 2. The van der Waals surface area contributed by atoms with Gasteiger partial charge in [0, 0.05) is 12.4 Å². The van der Waals surface area contributed by atoms with Crippen LogP contribution in [0.1, 0.15) is 24.8 Å². The largest absolute Gasteiger partial charge is 0.264 e. The minimum absolute atomic E-state index is 0.833. The summed E-state index contributed by atoms with van der Waals surface area (Å²) in [6.45, 7) is 0. The third kappa shape index (κ3) is 1.59. The normalized spacial score (nSPS) is 17.8. The molecule has 11 heavy (non-hydrogen) atoms. The van der Waals surface area contributed by atoms with Gasteiger partial charge >= 0.3 is 0 Å². The minimum Gasteiger partial charge on any atom is -0.264 e. The van der Waals surface area contributed by atoms with E-state index >= 15 is 0 Å². The Morgan fingerprint density at radius 3 is 2.91 bits per heavy atom. The Bertz CT molecular complexity index is 214. The van der Waals surface area contributed by atoms with Crippen LogP contribution < -0.4 is 0 Å². The minimum atomic E-state index is 0.833. The molecule has 1 aromatic heterocycles. The molecule has 2 rings (SSSR count). The van der Waals surface area contributed by atoms with E-state index in [4.69, 9.17) is 0 Å². The molecule has 1 fully saturated rings. The first kappa shape index (κ1) is 6.84. The van der Waals surface area contributed by atoms with Crippen molar-refractivity contribution in [1.29, 1.82) is 0 Å². The summed E-state index contributed by atoms with van der Waals surface area (Å²) in [6, 6.07) is 4.11. The van der Waals surface area contributed by atoms with Gasteiger partial charge in [-0.15, -0.1) is 0 Å². The highest BCUT2D eigenvalue weighted by molar-refractivity contribution is 5.20. The van der Waals surface area contributed by atoms with Gasteiger partial charge in [0.25, 0.3) is 0 Å². The molecule has 0 unspecified atom stereocenters. The summed E-state index contributed by atoms with van der Waals surface area (Å²) in [4.78, 5) is 4.06. The lowest BCUT2D eigenvalue weighted by Crippen LogP contribution is -2.11. The van der Waals surface area contributed by atoms with Crippen molar-refractivity contribution in [2.45, 2.75) is 19.3 Å². The molecule has 0 aliphatic heterocycles. The number of hydrogen-bond donors (Lipinski definition) is 0. The first-order valence-electron chi connectivity index (χ1n) is 4.20. The van der Waals surface area contributed by atoms with Crippen molar-refractivity contribution < 1.29 is 0 Å².